The molecule has 1 atom stereocenters. The smallest absolute Gasteiger partial charge is 0.261 e. The van der Waals surface area contributed by atoms with Crippen LogP contribution < -0.4 is 14.8 Å². The average Bonchev–Trinajstić information content (AvgIpc) is 2.84. The normalized spacial score (nSPS) is 11.9. The number of methoxy groups -OCH3 is 1. The van der Waals surface area contributed by atoms with Crippen LogP contribution in [0.15, 0.2) is 78.9 Å². The maximum absolute atomic E-state index is 13.6. The van der Waals surface area contributed by atoms with Crippen molar-refractivity contribution in [1.29, 1.82) is 0 Å². The van der Waals surface area contributed by atoms with Gasteiger partial charge in [-0.3, -0.25) is 9.59 Å². The van der Waals surface area contributed by atoms with Gasteiger partial charge in [-0.05, 0) is 62.2 Å². The zero-order valence-corrected chi connectivity index (χ0v) is 21.9. The monoisotopic (exact) mass is 508 g/mol. The topological polar surface area (TPSA) is 67.9 Å². The van der Waals surface area contributed by atoms with Gasteiger partial charge in [0.1, 0.15) is 17.5 Å². The minimum Gasteiger partial charge on any atom is -0.497 e. The van der Waals surface area contributed by atoms with Gasteiger partial charge >= 0.3 is 0 Å². The summed E-state index contributed by atoms with van der Waals surface area (Å²) in [5.41, 5.74) is 1.33. The molecule has 0 aliphatic heterocycles. The van der Waals surface area contributed by atoms with E-state index in [9.17, 15) is 9.59 Å². The van der Waals surface area contributed by atoms with Crippen molar-refractivity contribution in [2.24, 2.45) is 0 Å². The molecule has 0 saturated carbocycles. The van der Waals surface area contributed by atoms with Crippen LogP contribution in [0.2, 0.25) is 5.02 Å². The van der Waals surface area contributed by atoms with Crippen LogP contribution in [-0.4, -0.2) is 42.0 Å². The molecule has 0 fully saturated rings. The lowest BCUT2D eigenvalue weighted by Crippen LogP contribution is -2.55. The van der Waals surface area contributed by atoms with Gasteiger partial charge in [0.2, 0.25) is 5.91 Å². The molecule has 3 aromatic carbocycles. The molecule has 0 bridgehead atoms. The largest absolute Gasteiger partial charge is 0.497 e. The molecule has 0 aromatic heterocycles. The van der Waals surface area contributed by atoms with Crippen molar-refractivity contribution >= 4 is 23.4 Å². The molecule has 0 heterocycles. The molecule has 3 rings (SSSR count). The molecule has 1 unspecified atom stereocenters. The first kappa shape index (κ1) is 27.1. The number of carbonyl (C=O) groups excluding carboxylic acids is 2. The van der Waals surface area contributed by atoms with Gasteiger partial charge in [-0.1, -0.05) is 60.1 Å². The molecule has 190 valence electrons. The van der Waals surface area contributed by atoms with Crippen molar-refractivity contribution in [2.75, 3.05) is 13.7 Å². The molecule has 1 N–H and O–H groups in total. The summed E-state index contributed by atoms with van der Waals surface area (Å²) in [6, 6.07) is 23.3. The maximum atomic E-state index is 13.6. The summed E-state index contributed by atoms with van der Waals surface area (Å²) < 4.78 is 11.1. The molecule has 2 amide bonds. The van der Waals surface area contributed by atoms with Crippen LogP contribution >= 0.6 is 11.6 Å². The van der Waals surface area contributed by atoms with Crippen LogP contribution in [0.25, 0.3) is 0 Å². The van der Waals surface area contributed by atoms with Crippen molar-refractivity contribution in [1.82, 2.24) is 10.2 Å². The molecule has 6 nitrogen and oxygen atoms in total. The third-order valence-corrected chi connectivity index (χ3v) is 5.65. The number of hydrogen-bond donors (Lipinski definition) is 1. The number of amides is 2. The van der Waals surface area contributed by atoms with Crippen LogP contribution in [0.1, 0.15) is 31.9 Å². The zero-order valence-electron chi connectivity index (χ0n) is 21.2. The first-order valence-corrected chi connectivity index (χ1v) is 12.2. The molecule has 7 heteroatoms. The standard InChI is InChI=1S/C29H33ClN2O4/c1-29(2,3)31-28(34)26(17-21-10-6-5-7-11-21)32(19-22-12-8-14-24(16-22)35-4)27(33)20-36-25-15-9-13-23(30)18-25/h5-16,18,26H,17,19-20H2,1-4H3,(H,31,34). The number of carbonyl (C=O) groups is 2. The quantitative estimate of drug-likeness (QED) is 0.404. The van der Waals surface area contributed by atoms with E-state index in [4.69, 9.17) is 21.1 Å². The summed E-state index contributed by atoms with van der Waals surface area (Å²) in [6.45, 7) is 5.73. The molecule has 0 aliphatic rings. The lowest BCUT2D eigenvalue weighted by Gasteiger charge is -2.33. The molecule has 36 heavy (non-hydrogen) atoms. The molecule has 0 spiro atoms. The second-order valence-corrected chi connectivity index (χ2v) is 10.0. The van der Waals surface area contributed by atoms with Crippen LogP contribution in [-0.2, 0) is 22.6 Å². The predicted octanol–water partition coefficient (Wildman–Crippen LogP) is 5.28. The van der Waals surface area contributed by atoms with Gasteiger partial charge in [-0.15, -0.1) is 0 Å². The second kappa shape index (κ2) is 12.5. The summed E-state index contributed by atoms with van der Waals surface area (Å²) in [5, 5.41) is 3.56. The van der Waals surface area contributed by atoms with E-state index in [0.717, 1.165) is 11.1 Å². The van der Waals surface area contributed by atoms with Crippen LogP contribution in [0.4, 0.5) is 0 Å². The molecular weight excluding hydrogens is 476 g/mol. The highest BCUT2D eigenvalue weighted by Gasteiger charge is 2.32. The second-order valence-electron chi connectivity index (χ2n) is 9.56. The van der Waals surface area contributed by atoms with E-state index in [2.05, 4.69) is 5.32 Å². The first-order chi connectivity index (χ1) is 17.1. The fraction of sp³-hybridized carbons (Fsp3) is 0.310. The Balaban J connectivity index is 1.94. The maximum Gasteiger partial charge on any atom is 0.261 e. The van der Waals surface area contributed by atoms with Crippen molar-refractivity contribution < 1.29 is 19.1 Å². The number of nitrogens with one attached hydrogen (secondary N) is 1. The first-order valence-electron chi connectivity index (χ1n) is 11.8. The van der Waals surface area contributed by atoms with E-state index >= 15 is 0 Å². The fourth-order valence-electron chi connectivity index (χ4n) is 3.76. The molecule has 3 aromatic rings. The van der Waals surface area contributed by atoms with Gasteiger partial charge in [-0.2, -0.15) is 0 Å². The third-order valence-electron chi connectivity index (χ3n) is 5.41. The Morgan fingerprint density at radius 1 is 0.917 bits per heavy atom. The van der Waals surface area contributed by atoms with Gasteiger partial charge in [0, 0.05) is 23.5 Å². The van der Waals surface area contributed by atoms with E-state index < -0.39 is 11.6 Å². The Morgan fingerprint density at radius 2 is 1.58 bits per heavy atom. The average molecular weight is 509 g/mol. The van der Waals surface area contributed by atoms with Gasteiger partial charge < -0.3 is 19.7 Å². The number of ether oxygens (including phenoxy) is 2. The lowest BCUT2D eigenvalue weighted by molar-refractivity contribution is -0.143. The number of benzene rings is 3. The lowest BCUT2D eigenvalue weighted by atomic mass is 10.0. The van der Waals surface area contributed by atoms with Gasteiger partial charge in [-0.25, -0.2) is 0 Å². The number of nitrogens with zero attached hydrogens (tertiary/aromatic N) is 1. The summed E-state index contributed by atoms with van der Waals surface area (Å²) >= 11 is 6.06. The van der Waals surface area contributed by atoms with E-state index in [-0.39, 0.29) is 25.0 Å². The van der Waals surface area contributed by atoms with Crippen molar-refractivity contribution in [3.8, 4) is 11.5 Å². The number of hydrogen-bond acceptors (Lipinski definition) is 4. The minimum atomic E-state index is -0.756. The zero-order chi connectivity index (χ0) is 26.1. The molecule has 0 aliphatic carbocycles. The fourth-order valence-corrected chi connectivity index (χ4v) is 3.94. The predicted molar refractivity (Wildman–Crippen MR) is 142 cm³/mol. The van der Waals surface area contributed by atoms with E-state index in [1.165, 1.54) is 0 Å². The summed E-state index contributed by atoms with van der Waals surface area (Å²) in [7, 11) is 1.59. The summed E-state index contributed by atoms with van der Waals surface area (Å²) in [6.07, 6.45) is 0.357. The van der Waals surface area contributed by atoms with Crippen LogP contribution in [0.3, 0.4) is 0 Å². The van der Waals surface area contributed by atoms with E-state index in [1.807, 2.05) is 75.4 Å². The van der Waals surface area contributed by atoms with E-state index in [1.54, 1.807) is 36.3 Å². The highest BCUT2D eigenvalue weighted by molar-refractivity contribution is 6.30. The molecule has 0 radical (unpaired) electrons. The number of halogens is 1. The molecule has 0 saturated heterocycles. The van der Waals surface area contributed by atoms with Crippen molar-refractivity contribution in [2.45, 2.75) is 45.3 Å². The Bertz CT molecular complexity index is 1160. The Labute approximate surface area is 218 Å². The van der Waals surface area contributed by atoms with Gasteiger partial charge in [0.15, 0.2) is 6.61 Å². The SMILES string of the molecule is COc1cccc(CN(C(=O)COc2cccc(Cl)c2)C(Cc2ccccc2)C(=O)NC(C)(C)C)c1. The highest BCUT2D eigenvalue weighted by atomic mass is 35.5. The van der Waals surface area contributed by atoms with Crippen LogP contribution in [0, 0.1) is 0 Å². The van der Waals surface area contributed by atoms with E-state index in [0.29, 0.717) is 22.9 Å². The Morgan fingerprint density at radius 3 is 2.25 bits per heavy atom. The summed E-state index contributed by atoms with van der Waals surface area (Å²) in [5.74, 6) is 0.609. The minimum absolute atomic E-state index is 0.212. The van der Waals surface area contributed by atoms with Crippen molar-refractivity contribution in [3.63, 3.8) is 0 Å². The van der Waals surface area contributed by atoms with Gasteiger partial charge in [0.25, 0.3) is 5.91 Å². The van der Waals surface area contributed by atoms with Gasteiger partial charge in [0.05, 0.1) is 7.11 Å². The molecular formula is C29H33ClN2O4. The summed E-state index contributed by atoms with van der Waals surface area (Å²) in [4.78, 5) is 28.7. The highest BCUT2D eigenvalue weighted by Crippen LogP contribution is 2.21. The Kier molecular flexibility index (Phi) is 9.37. The third kappa shape index (κ3) is 8.31. The van der Waals surface area contributed by atoms with Crippen LogP contribution in [0.5, 0.6) is 11.5 Å². The Hall–Kier alpha value is -3.51. The number of rotatable bonds is 10. The van der Waals surface area contributed by atoms with Crippen molar-refractivity contribution in [3.05, 3.63) is 95.0 Å².